The SMILES string of the molecule is CCC[C@]1(O)CC[C@H]2[C@@H]3CC[C@@]45O[C@]4(C)C(=O)[C@H](C#N)C[C@]5(C)[C@H]3CC[C@@]21C. The molecular formula is C24H35NO3. The maximum absolute atomic E-state index is 12.9. The molecule has 0 aromatic rings. The number of carbonyl (C=O) groups excluding carboxylic acids is 1. The van der Waals surface area contributed by atoms with Crippen LogP contribution in [0.2, 0.25) is 0 Å². The van der Waals surface area contributed by atoms with Crippen molar-refractivity contribution in [3.8, 4) is 6.07 Å². The zero-order chi connectivity index (χ0) is 20.2. The summed E-state index contributed by atoms with van der Waals surface area (Å²) in [5.41, 5.74) is -1.71. The van der Waals surface area contributed by atoms with Gasteiger partial charge in [0.05, 0.1) is 11.7 Å². The van der Waals surface area contributed by atoms with Gasteiger partial charge in [0.1, 0.15) is 11.5 Å². The first-order valence-corrected chi connectivity index (χ1v) is 11.5. The van der Waals surface area contributed by atoms with Gasteiger partial charge in [0.2, 0.25) is 0 Å². The first kappa shape index (κ1) is 19.1. The van der Waals surface area contributed by atoms with Crippen molar-refractivity contribution in [2.45, 2.75) is 102 Å². The Labute approximate surface area is 169 Å². The molecule has 4 heteroatoms. The molecule has 0 bridgehead atoms. The van der Waals surface area contributed by atoms with Gasteiger partial charge in [-0.05, 0) is 81.5 Å². The van der Waals surface area contributed by atoms with Gasteiger partial charge >= 0.3 is 0 Å². The molecule has 4 aliphatic carbocycles. The van der Waals surface area contributed by atoms with Gasteiger partial charge in [-0.1, -0.05) is 27.2 Å². The maximum Gasteiger partial charge on any atom is 0.184 e. The number of carbonyl (C=O) groups is 1. The predicted octanol–water partition coefficient (Wildman–Crippen LogP) is 4.40. The smallest absolute Gasteiger partial charge is 0.184 e. The summed E-state index contributed by atoms with van der Waals surface area (Å²) in [7, 11) is 0. The molecule has 154 valence electrons. The van der Waals surface area contributed by atoms with Gasteiger partial charge in [-0.3, -0.25) is 4.79 Å². The van der Waals surface area contributed by atoms with Gasteiger partial charge in [0.15, 0.2) is 11.4 Å². The van der Waals surface area contributed by atoms with E-state index in [1.807, 2.05) is 6.92 Å². The highest BCUT2D eigenvalue weighted by molar-refractivity contribution is 5.96. The minimum atomic E-state index is -0.745. The minimum absolute atomic E-state index is 0.0118. The van der Waals surface area contributed by atoms with Gasteiger partial charge in [-0.15, -0.1) is 0 Å². The standard InChI is InChI=1S/C24H35NO3/c1-5-9-23(27)11-8-17-16-6-12-24-21(3,18(16)7-10-20(17,23)2)13-15(14-25)19(26)22(24,4)28-24/h15-18,27H,5-13H2,1-4H3/t15-,16-,17-,18-,20-,21+,22+,23-,24-/m0/s1. The summed E-state index contributed by atoms with van der Waals surface area (Å²) in [6, 6.07) is 2.30. The van der Waals surface area contributed by atoms with Crippen LogP contribution in [0.4, 0.5) is 0 Å². The largest absolute Gasteiger partial charge is 0.389 e. The number of hydrogen-bond donors (Lipinski definition) is 1. The first-order chi connectivity index (χ1) is 13.1. The van der Waals surface area contributed by atoms with Crippen molar-refractivity contribution in [1.82, 2.24) is 0 Å². The molecule has 0 aromatic carbocycles. The number of hydrogen-bond acceptors (Lipinski definition) is 4. The molecule has 5 rings (SSSR count). The molecular weight excluding hydrogens is 350 g/mol. The van der Waals surface area contributed by atoms with E-state index in [1.165, 1.54) is 0 Å². The Morgan fingerprint density at radius 1 is 1.11 bits per heavy atom. The zero-order valence-corrected chi connectivity index (χ0v) is 17.9. The van der Waals surface area contributed by atoms with Crippen LogP contribution in [0, 0.1) is 45.8 Å². The number of Topliss-reactive ketones (excluding diaryl/α,β-unsaturated/α-hetero) is 1. The fourth-order valence-electron chi connectivity index (χ4n) is 9.16. The Kier molecular flexibility index (Phi) is 3.68. The van der Waals surface area contributed by atoms with Crippen LogP contribution in [-0.4, -0.2) is 27.7 Å². The van der Waals surface area contributed by atoms with Crippen molar-refractivity contribution >= 4 is 5.78 Å². The van der Waals surface area contributed by atoms with Crippen LogP contribution in [0.5, 0.6) is 0 Å². The van der Waals surface area contributed by atoms with Crippen LogP contribution in [0.25, 0.3) is 0 Å². The van der Waals surface area contributed by atoms with E-state index in [4.69, 9.17) is 4.74 Å². The molecule has 1 heterocycles. The summed E-state index contributed by atoms with van der Waals surface area (Å²) < 4.78 is 6.32. The van der Waals surface area contributed by atoms with Crippen molar-refractivity contribution < 1.29 is 14.6 Å². The Balaban J connectivity index is 1.51. The van der Waals surface area contributed by atoms with Gasteiger partial charge in [-0.2, -0.15) is 5.26 Å². The number of ether oxygens (including phenoxy) is 1. The third-order valence-electron chi connectivity index (χ3n) is 10.7. The Morgan fingerprint density at radius 3 is 2.46 bits per heavy atom. The van der Waals surface area contributed by atoms with Crippen molar-refractivity contribution in [3.63, 3.8) is 0 Å². The molecule has 28 heavy (non-hydrogen) atoms. The highest BCUT2D eigenvalue weighted by Gasteiger charge is 2.84. The van der Waals surface area contributed by atoms with Crippen LogP contribution < -0.4 is 0 Å². The van der Waals surface area contributed by atoms with Crippen LogP contribution >= 0.6 is 0 Å². The van der Waals surface area contributed by atoms with E-state index >= 15 is 0 Å². The molecule has 1 spiro atoms. The second-order valence-corrected chi connectivity index (χ2v) is 11.3. The normalized spacial score (nSPS) is 59.5. The van der Waals surface area contributed by atoms with E-state index in [0.29, 0.717) is 24.2 Å². The number of ketones is 1. The van der Waals surface area contributed by atoms with Gasteiger partial charge in [-0.25, -0.2) is 0 Å². The number of rotatable bonds is 2. The number of nitrogens with zero attached hydrogens (tertiary/aromatic N) is 1. The van der Waals surface area contributed by atoms with E-state index < -0.39 is 17.1 Å². The second kappa shape index (κ2) is 5.41. The fourth-order valence-corrected chi connectivity index (χ4v) is 9.16. The Morgan fingerprint density at radius 2 is 1.79 bits per heavy atom. The third-order valence-corrected chi connectivity index (χ3v) is 10.7. The molecule has 0 unspecified atom stereocenters. The molecule has 5 fully saturated rings. The Bertz CT molecular complexity index is 774. The molecule has 0 amide bonds. The monoisotopic (exact) mass is 385 g/mol. The van der Waals surface area contributed by atoms with Gasteiger partial charge in [0, 0.05) is 5.41 Å². The fraction of sp³-hybridized carbons (Fsp3) is 0.917. The number of fused-ring (bicyclic) bond motifs is 4. The lowest BCUT2D eigenvalue weighted by Crippen LogP contribution is -2.62. The molecule has 0 aromatic heterocycles. The summed E-state index contributed by atoms with van der Waals surface area (Å²) in [6.07, 6.45) is 8.83. The summed E-state index contributed by atoms with van der Waals surface area (Å²) in [5.74, 6) is 1.12. The number of aliphatic hydroxyl groups is 1. The molecule has 1 saturated heterocycles. The second-order valence-electron chi connectivity index (χ2n) is 11.3. The quantitative estimate of drug-likeness (QED) is 0.715. The topological polar surface area (TPSA) is 73.6 Å². The lowest BCUT2D eigenvalue weighted by Gasteiger charge is -2.61. The van der Waals surface area contributed by atoms with E-state index in [9.17, 15) is 15.2 Å². The molecule has 4 nitrogen and oxygen atoms in total. The van der Waals surface area contributed by atoms with Gasteiger partial charge in [0.25, 0.3) is 0 Å². The van der Waals surface area contributed by atoms with Crippen molar-refractivity contribution in [2.24, 2.45) is 34.5 Å². The highest BCUT2D eigenvalue weighted by atomic mass is 16.6. The molecule has 1 N–H and O–H groups in total. The van der Waals surface area contributed by atoms with E-state index in [-0.39, 0.29) is 22.2 Å². The average molecular weight is 386 g/mol. The third kappa shape index (κ3) is 1.83. The zero-order valence-electron chi connectivity index (χ0n) is 17.9. The van der Waals surface area contributed by atoms with E-state index in [0.717, 1.165) is 51.4 Å². The van der Waals surface area contributed by atoms with Crippen molar-refractivity contribution in [1.29, 1.82) is 5.26 Å². The van der Waals surface area contributed by atoms with Crippen LogP contribution in [0.1, 0.15) is 85.5 Å². The number of epoxide rings is 1. The summed E-state index contributed by atoms with van der Waals surface area (Å²) in [5, 5.41) is 21.2. The lowest BCUT2D eigenvalue weighted by atomic mass is 9.42. The van der Waals surface area contributed by atoms with Crippen LogP contribution in [0.3, 0.4) is 0 Å². The highest BCUT2D eigenvalue weighted by Crippen LogP contribution is 2.76. The van der Waals surface area contributed by atoms with Crippen LogP contribution in [-0.2, 0) is 9.53 Å². The van der Waals surface area contributed by atoms with Crippen molar-refractivity contribution in [2.75, 3.05) is 0 Å². The lowest BCUT2D eigenvalue weighted by molar-refractivity contribution is -0.159. The van der Waals surface area contributed by atoms with Crippen molar-refractivity contribution in [3.05, 3.63) is 0 Å². The van der Waals surface area contributed by atoms with E-state index in [1.54, 1.807) is 0 Å². The molecule has 9 atom stereocenters. The summed E-state index contributed by atoms with van der Waals surface area (Å²) >= 11 is 0. The average Bonchev–Trinajstić information content (AvgIpc) is 3.20. The van der Waals surface area contributed by atoms with Gasteiger partial charge < -0.3 is 9.84 Å². The molecule has 5 aliphatic rings. The van der Waals surface area contributed by atoms with Crippen LogP contribution in [0.15, 0.2) is 0 Å². The molecule has 0 radical (unpaired) electrons. The minimum Gasteiger partial charge on any atom is -0.389 e. The molecule has 4 saturated carbocycles. The maximum atomic E-state index is 12.9. The number of nitriles is 1. The Hall–Kier alpha value is -0.920. The summed E-state index contributed by atoms with van der Waals surface area (Å²) in [6.45, 7) is 8.79. The molecule has 1 aliphatic heterocycles. The predicted molar refractivity (Wildman–Crippen MR) is 105 cm³/mol. The summed E-state index contributed by atoms with van der Waals surface area (Å²) in [4.78, 5) is 12.9. The first-order valence-electron chi connectivity index (χ1n) is 11.5. The van der Waals surface area contributed by atoms with E-state index in [2.05, 4.69) is 26.8 Å².